The van der Waals surface area contributed by atoms with Crippen molar-refractivity contribution in [3.05, 3.63) is 29.6 Å². The maximum Gasteiger partial charge on any atom is 0.159 e. The fourth-order valence-corrected chi connectivity index (χ4v) is 2.70. The molecule has 0 saturated heterocycles. The van der Waals surface area contributed by atoms with Gasteiger partial charge in [-0.1, -0.05) is 19.9 Å². The van der Waals surface area contributed by atoms with Crippen LogP contribution in [0.1, 0.15) is 37.9 Å². The van der Waals surface area contributed by atoms with Crippen molar-refractivity contribution in [2.75, 3.05) is 0 Å². The van der Waals surface area contributed by atoms with Gasteiger partial charge in [0.05, 0.1) is 6.07 Å². The third-order valence-electron chi connectivity index (χ3n) is 4.03. The molecule has 1 unspecified atom stereocenters. The van der Waals surface area contributed by atoms with Crippen LogP contribution in [-0.2, 0) is 11.2 Å². The maximum atomic E-state index is 12.4. The lowest BCUT2D eigenvalue weighted by Gasteiger charge is -2.22. The van der Waals surface area contributed by atoms with E-state index in [9.17, 15) is 10.1 Å². The van der Waals surface area contributed by atoms with Crippen molar-refractivity contribution in [1.82, 2.24) is 4.98 Å². The predicted molar refractivity (Wildman–Crippen MR) is 68.7 cm³/mol. The average Bonchev–Trinajstić information content (AvgIpc) is 2.57. The summed E-state index contributed by atoms with van der Waals surface area (Å²) in [5, 5.41) is 9.47. The number of aromatic nitrogens is 1. The highest BCUT2D eigenvalue weighted by Gasteiger charge is 2.52. The van der Waals surface area contributed by atoms with Gasteiger partial charge >= 0.3 is 0 Å². The van der Waals surface area contributed by atoms with Gasteiger partial charge in [0.2, 0.25) is 0 Å². The summed E-state index contributed by atoms with van der Waals surface area (Å²) >= 11 is 0. The lowest BCUT2D eigenvalue weighted by molar-refractivity contribution is -0.130. The molecule has 0 radical (unpaired) electrons. The summed E-state index contributed by atoms with van der Waals surface area (Å²) in [4.78, 5) is 16.8. The molecule has 94 valence electrons. The van der Waals surface area contributed by atoms with Crippen LogP contribution in [0.15, 0.2) is 18.3 Å². The number of rotatable bonds is 2. The molecule has 1 saturated carbocycles. The van der Waals surface area contributed by atoms with Crippen molar-refractivity contribution >= 4 is 5.78 Å². The molecule has 0 N–H and O–H groups in total. The Hall–Kier alpha value is -1.69. The Bertz CT molecular complexity index is 528. The topological polar surface area (TPSA) is 53.8 Å². The molecule has 1 atom stereocenters. The second-order valence-corrected chi connectivity index (χ2v) is 5.85. The quantitative estimate of drug-likeness (QED) is 0.801. The number of carbonyl (C=O) groups excluding carboxylic acids is 1. The lowest BCUT2D eigenvalue weighted by Crippen LogP contribution is -2.33. The van der Waals surface area contributed by atoms with Gasteiger partial charge in [-0.05, 0) is 31.4 Å². The molecule has 0 amide bonds. The largest absolute Gasteiger partial charge is 0.297 e. The zero-order valence-corrected chi connectivity index (χ0v) is 11.2. The van der Waals surface area contributed by atoms with E-state index in [2.05, 4.69) is 11.1 Å². The smallest absolute Gasteiger partial charge is 0.159 e. The molecule has 0 spiro atoms. The molecule has 1 fully saturated rings. The summed E-state index contributed by atoms with van der Waals surface area (Å²) in [7, 11) is 0. The maximum absolute atomic E-state index is 12.4. The van der Waals surface area contributed by atoms with Crippen LogP contribution >= 0.6 is 0 Å². The Morgan fingerprint density at radius 1 is 1.44 bits per heavy atom. The van der Waals surface area contributed by atoms with Crippen molar-refractivity contribution in [3.63, 3.8) is 0 Å². The zero-order chi connectivity index (χ0) is 13.4. The zero-order valence-electron chi connectivity index (χ0n) is 11.2. The van der Waals surface area contributed by atoms with E-state index >= 15 is 0 Å². The first-order chi connectivity index (χ1) is 8.41. The Kier molecular flexibility index (Phi) is 2.98. The molecule has 3 heteroatoms. The first-order valence-electron chi connectivity index (χ1n) is 6.28. The van der Waals surface area contributed by atoms with E-state index in [1.807, 2.05) is 32.9 Å². The molecular weight excluding hydrogens is 224 g/mol. The Morgan fingerprint density at radius 3 is 2.67 bits per heavy atom. The third-order valence-corrected chi connectivity index (χ3v) is 4.03. The molecule has 1 aromatic heterocycles. The van der Waals surface area contributed by atoms with E-state index in [-0.39, 0.29) is 11.2 Å². The van der Waals surface area contributed by atoms with Gasteiger partial charge in [0.25, 0.3) is 0 Å². The fourth-order valence-electron chi connectivity index (χ4n) is 2.70. The van der Waals surface area contributed by atoms with Gasteiger partial charge in [-0.15, -0.1) is 0 Å². The van der Waals surface area contributed by atoms with Crippen LogP contribution in [0.2, 0.25) is 0 Å². The summed E-state index contributed by atoms with van der Waals surface area (Å²) in [6.07, 6.45) is 3.59. The molecular formula is C15H18N2O. The standard InChI is InChI=1S/C15H18N2O/c1-11-5-4-8-17-12(11)9-15(10-16)7-6-14(2,3)13(15)18/h4-5,8H,6-7,9H2,1-3H3. The number of hydrogen-bond donors (Lipinski definition) is 0. The second kappa shape index (κ2) is 4.20. The molecule has 1 aliphatic carbocycles. The molecule has 3 nitrogen and oxygen atoms in total. The van der Waals surface area contributed by atoms with Gasteiger partial charge < -0.3 is 0 Å². The van der Waals surface area contributed by atoms with Crippen molar-refractivity contribution in [2.24, 2.45) is 10.8 Å². The minimum absolute atomic E-state index is 0.0718. The first kappa shape index (κ1) is 12.8. The Morgan fingerprint density at radius 2 is 2.17 bits per heavy atom. The molecule has 0 bridgehead atoms. The highest BCUT2D eigenvalue weighted by molar-refractivity contribution is 5.94. The minimum Gasteiger partial charge on any atom is -0.297 e. The number of nitriles is 1. The van der Waals surface area contributed by atoms with Gasteiger partial charge in [0, 0.05) is 23.7 Å². The first-order valence-corrected chi connectivity index (χ1v) is 6.28. The fraction of sp³-hybridized carbons (Fsp3) is 0.533. The minimum atomic E-state index is -0.872. The SMILES string of the molecule is Cc1cccnc1CC1(C#N)CCC(C)(C)C1=O. The lowest BCUT2D eigenvalue weighted by atomic mass is 9.77. The summed E-state index contributed by atoms with van der Waals surface area (Å²) in [5.41, 5.74) is 0.663. The van der Waals surface area contributed by atoms with Gasteiger partial charge in [-0.25, -0.2) is 0 Å². The molecule has 0 aliphatic heterocycles. The van der Waals surface area contributed by atoms with E-state index in [1.165, 1.54) is 0 Å². The van der Waals surface area contributed by atoms with Crippen molar-refractivity contribution < 1.29 is 4.79 Å². The molecule has 2 rings (SSSR count). The van der Waals surface area contributed by atoms with Gasteiger partial charge in [0.1, 0.15) is 5.41 Å². The molecule has 0 aromatic carbocycles. The average molecular weight is 242 g/mol. The van der Waals surface area contributed by atoms with Crippen LogP contribution in [0.25, 0.3) is 0 Å². The van der Waals surface area contributed by atoms with E-state index in [1.54, 1.807) is 6.20 Å². The highest BCUT2D eigenvalue weighted by atomic mass is 16.1. The summed E-state index contributed by atoms with van der Waals surface area (Å²) in [5.74, 6) is 0.0718. The number of hydrogen-bond acceptors (Lipinski definition) is 3. The number of pyridine rings is 1. The van der Waals surface area contributed by atoms with Crippen molar-refractivity contribution in [3.8, 4) is 6.07 Å². The summed E-state index contributed by atoms with van der Waals surface area (Å²) in [6, 6.07) is 6.11. The van der Waals surface area contributed by atoms with Crippen LogP contribution in [0.3, 0.4) is 0 Å². The van der Waals surface area contributed by atoms with Gasteiger partial charge in [0.15, 0.2) is 5.78 Å². The van der Waals surface area contributed by atoms with E-state index in [4.69, 9.17) is 0 Å². The second-order valence-electron chi connectivity index (χ2n) is 5.85. The number of ketones is 1. The normalized spacial score (nSPS) is 26.0. The van der Waals surface area contributed by atoms with Gasteiger partial charge in [-0.2, -0.15) is 5.26 Å². The molecule has 1 aliphatic rings. The van der Waals surface area contributed by atoms with E-state index < -0.39 is 5.41 Å². The molecule has 18 heavy (non-hydrogen) atoms. The Balaban J connectivity index is 2.35. The number of aryl methyl sites for hydroxylation is 1. The van der Waals surface area contributed by atoms with Gasteiger partial charge in [-0.3, -0.25) is 9.78 Å². The summed E-state index contributed by atoms with van der Waals surface area (Å²) < 4.78 is 0. The van der Waals surface area contributed by atoms with Crippen LogP contribution in [0, 0.1) is 29.1 Å². The highest BCUT2D eigenvalue weighted by Crippen LogP contribution is 2.47. The summed E-state index contributed by atoms with van der Waals surface area (Å²) in [6.45, 7) is 5.83. The number of carbonyl (C=O) groups is 1. The number of Topliss-reactive ketones (excluding diaryl/α,β-unsaturated/α-hetero) is 1. The predicted octanol–water partition coefficient (Wildman–Crippen LogP) is 2.83. The van der Waals surface area contributed by atoms with Crippen LogP contribution in [0.5, 0.6) is 0 Å². The van der Waals surface area contributed by atoms with E-state index in [0.717, 1.165) is 17.7 Å². The van der Waals surface area contributed by atoms with E-state index in [0.29, 0.717) is 12.8 Å². The van der Waals surface area contributed by atoms with Crippen LogP contribution in [-0.4, -0.2) is 10.8 Å². The van der Waals surface area contributed by atoms with Crippen molar-refractivity contribution in [1.29, 1.82) is 5.26 Å². The monoisotopic (exact) mass is 242 g/mol. The Labute approximate surface area is 108 Å². The van der Waals surface area contributed by atoms with Crippen LogP contribution in [0.4, 0.5) is 0 Å². The third kappa shape index (κ3) is 1.92. The van der Waals surface area contributed by atoms with Crippen LogP contribution < -0.4 is 0 Å². The van der Waals surface area contributed by atoms with Crippen molar-refractivity contribution in [2.45, 2.75) is 40.0 Å². The number of nitrogens with zero attached hydrogens (tertiary/aromatic N) is 2. The molecule has 1 heterocycles. The molecule has 1 aromatic rings.